The first-order valence-corrected chi connectivity index (χ1v) is 9.49. The lowest BCUT2D eigenvalue weighted by Crippen LogP contribution is -2.41. The van der Waals surface area contributed by atoms with Crippen molar-refractivity contribution in [3.63, 3.8) is 0 Å². The molecule has 1 atom stereocenters. The molecule has 1 heterocycles. The van der Waals surface area contributed by atoms with Gasteiger partial charge in [-0.05, 0) is 31.5 Å². The number of para-hydroxylation sites is 2. The van der Waals surface area contributed by atoms with Crippen LogP contribution in [0.4, 0.5) is 5.69 Å². The van der Waals surface area contributed by atoms with Crippen LogP contribution < -0.4 is 15.0 Å². The number of ether oxygens (including phenoxy) is 2. The third-order valence-electron chi connectivity index (χ3n) is 4.61. The number of aryl methyl sites for hydroxylation is 1. The van der Waals surface area contributed by atoms with E-state index >= 15 is 0 Å². The fourth-order valence-corrected chi connectivity index (χ4v) is 2.95. The Kier molecular flexibility index (Phi) is 6.49. The number of fused-ring (bicyclic) bond motifs is 1. The second-order valence-corrected chi connectivity index (χ2v) is 6.89. The standard InChI is InChI=1S/C22H24N2O5/c1-15-7-9-17(10-8-15)13-23-22(27)16(2)29-21(26)11-12-24-18-5-3-4-6-19(18)28-14-20(24)25/h3-10,16H,11-14H2,1-2H3,(H,23,27)/t16-/m1/s1. The second kappa shape index (κ2) is 9.23. The molecule has 0 radical (unpaired) electrons. The first kappa shape index (κ1) is 20.4. The number of benzene rings is 2. The minimum Gasteiger partial charge on any atom is -0.482 e. The molecule has 2 amide bonds. The van der Waals surface area contributed by atoms with E-state index in [-0.39, 0.29) is 31.4 Å². The molecule has 0 bridgehead atoms. The van der Waals surface area contributed by atoms with Gasteiger partial charge in [0.25, 0.3) is 11.8 Å². The fraction of sp³-hybridized carbons (Fsp3) is 0.318. The van der Waals surface area contributed by atoms with Gasteiger partial charge < -0.3 is 19.7 Å². The van der Waals surface area contributed by atoms with Gasteiger partial charge in [0.1, 0.15) is 5.75 Å². The number of esters is 1. The summed E-state index contributed by atoms with van der Waals surface area (Å²) in [5.41, 5.74) is 2.73. The molecule has 1 aliphatic heterocycles. The van der Waals surface area contributed by atoms with Crippen molar-refractivity contribution in [2.45, 2.75) is 32.9 Å². The smallest absolute Gasteiger partial charge is 0.308 e. The van der Waals surface area contributed by atoms with Crippen molar-refractivity contribution in [2.24, 2.45) is 0 Å². The number of hydrogen-bond donors (Lipinski definition) is 1. The lowest BCUT2D eigenvalue weighted by Gasteiger charge is -2.29. The van der Waals surface area contributed by atoms with Crippen molar-refractivity contribution in [3.8, 4) is 5.75 Å². The second-order valence-electron chi connectivity index (χ2n) is 6.89. The number of rotatable bonds is 7. The van der Waals surface area contributed by atoms with Crippen LogP contribution >= 0.6 is 0 Å². The average Bonchev–Trinajstić information content (AvgIpc) is 2.72. The summed E-state index contributed by atoms with van der Waals surface area (Å²) in [4.78, 5) is 38.0. The first-order chi connectivity index (χ1) is 13.9. The molecule has 0 fully saturated rings. The number of nitrogens with zero attached hydrogens (tertiary/aromatic N) is 1. The van der Waals surface area contributed by atoms with E-state index in [1.165, 1.54) is 11.8 Å². The van der Waals surface area contributed by atoms with Gasteiger partial charge in [-0.1, -0.05) is 42.0 Å². The van der Waals surface area contributed by atoms with E-state index in [2.05, 4.69) is 5.32 Å². The van der Waals surface area contributed by atoms with Crippen LogP contribution in [0.25, 0.3) is 0 Å². The van der Waals surface area contributed by atoms with Crippen molar-refractivity contribution in [2.75, 3.05) is 18.1 Å². The summed E-state index contributed by atoms with van der Waals surface area (Å²) in [7, 11) is 0. The molecule has 3 rings (SSSR count). The van der Waals surface area contributed by atoms with Crippen LogP contribution in [-0.4, -0.2) is 37.0 Å². The van der Waals surface area contributed by atoms with Gasteiger partial charge in [0.2, 0.25) is 0 Å². The minimum atomic E-state index is -0.916. The van der Waals surface area contributed by atoms with Crippen LogP contribution in [0.3, 0.4) is 0 Å². The van der Waals surface area contributed by atoms with Crippen molar-refractivity contribution < 1.29 is 23.9 Å². The maximum atomic E-state index is 12.2. The fourth-order valence-electron chi connectivity index (χ4n) is 2.95. The zero-order valence-corrected chi connectivity index (χ0v) is 16.5. The van der Waals surface area contributed by atoms with Gasteiger partial charge in [0, 0.05) is 13.1 Å². The zero-order chi connectivity index (χ0) is 20.8. The van der Waals surface area contributed by atoms with Crippen LogP contribution in [0.5, 0.6) is 5.75 Å². The molecule has 0 aliphatic carbocycles. The SMILES string of the molecule is Cc1ccc(CNC(=O)[C@@H](C)OC(=O)CCN2C(=O)COc3ccccc32)cc1. The zero-order valence-electron chi connectivity index (χ0n) is 16.5. The molecule has 0 saturated carbocycles. The Labute approximate surface area is 169 Å². The average molecular weight is 396 g/mol. The van der Waals surface area contributed by atoms with Gasteiger partial charge in [-0.15, -0.1) is 0 Å². The van der Waals surface area contributed by atoms with E-state index in [1.807, 2.05) is 37.3 Å². The molecule has 7 heteroatoms. The Morgan fingerprint density at radius 1 is 1.17 bits per heavy atom. The number of carbonyl (C=O) groups excluding carboxylic acids is 3. The highest BCUT2D eigenvalue weighted by molar-refractivity contribution is 5.98. The molecule has 1 aliphatic rings. The van der Waals surface area contributed by atoms with E-state index in [0.29, 0.717) is 18.0 Å². The van der Waals surface area contributed by atoms with Crippen LogP contribution in [0.1, 0.15) is 24.5 Å². The molecular weight excluding hydrogens is 372 g/mol. The normalized spacial score (nSPS) is 13.9. The highest BCUT2D eigenvalue weighted by atomic mass is 16.5. The third kappa shape index (κ3) is 5.34. The Morgan fingerprint density at radius 3 is 2.66 bits per heavy atom. The summed E-state index contributed by atoms with van der Waals surface area (Å²) in [6.45, 7) is 3.98. The Bertz CT molecular complexity index is 894. The Morgan fingerprint density at radius 2 is 1.90 bits per heavy atom. The van der Waals surface area contributed by atoms with E-state index in [0.717, 1.165) is 11.1 Å². The molecule has 2 aromatic rings. The Hall–Kier alpha value is -3.35. The molecular formula is C22H24N2O5. The van der Waals surface area contributed by atoms with Gasteiger partial charge in [0.05, 0.1) is 12.1 Å². The summed E-state index contributed by atoms with van der Waals surface area (Å²) in [5.74, 6) is -0.531. The maximum absolute atomic E-state index is 12.2. The highest BCUT2D eigenvalue weighted by Crippen LogP contribution is 2.31. The summed E-state index contributed by atoms with van der Waals surface area (Å²) < 4.78 is 10.6. The summed E-state index contributed by atoms with van der Waals surface area (Å²) in [6, 6.07) is 15.0. The van der Waals surface area contributed by atoms with Crippen LogP contribution in [0.15, 0.2) is 48.5 Å². The predicted octanol–water partition coefficient (Wildman–Crippen LogP) is 2.36. The maximum Gasteiger partial charge on any atom is 0.308 e. The summed E-state index contributed by atoms with van der Waals surface area (Å²) in [5, 5.41) is 2.75. The quantitative estimate of drug-likeness (QED) is 0.727. The number of amides is 2. The molecule has 0 saturated heterocycles. The molecule has 0 unspecified atom stereocenters. The molecule has 2 aromatic carbocycles. The van der Waals surface area contributed by atoms with Gasteiger partial charge in [-0.2, -0.15) is 0 Å². The molecule has 0 aromatic heterocycles. The molecule has 152 valence electrons. The van der Waals surface area contributed by atoms with Crippen LogP contribution in [0.2, 0.25) is 0 Å². The van der Waals surface area contributed by atoms with Crippen molar-refractivity contribution >= 4 is 23.5 Å². The molecule has 29 heavy (non-hydrogen) atoms. The van der Waals surface area contributed by atoms with E-state index < -0.39 is 12.1 Å². The number of anilines is 1. The monoisotopic (exact) mass is 396 g/mol. The van der Waals surface area contributed by atoms with Gasteiger partial charge in [-0.25, -0.2) is 0 Å². The summed E-state index contributed by atoms with van der Waals surface area (Å²) in [6.07, 6.45) is -0.934. The van der Waals surface area contributed by atoms with Gasteiger partial charge in [-0.3, -0.25) is 14.4 Å². The van der Waals surface area contributed by atoms with Crippen LogP contribution in [-0.2, 0) is 25.7 Å². The molecule has 1 N–H and O–H groups in total. The van der Waals surface area contributed by atoms with E-state index in [4.69, 9.17) is 9.47 Å². The third-order valence-corrected chi connectivity index (χ3v) is 4.61. The van der Waals surface area contributed by atoms with Crippen molar-refractivity contribution in [1.82, 2.24) is 5.32 Å². The Balaban J connectivity index is 1.47. The largest absolute Gasteiger partial charge is 0.482 e. The minimum absolute atomic E-state index is 0.0182. The van der Waals surface area contributed by atoms with Gasteiger partial charge >= 0.3 is 5.97 Å². The lowest BCUT2D eigenvalue weighted by molar-refractivity contribution is -0.154. The van der Waals surface area contributed by atoms with Crippen LogP contribution in [0, 0.1) is 6.92 Å². The van der Waals surface area contributed by atoms with E-state index in [1.54, 1.807) is 18.2 Å². The number of nitrogens with one attached hydrogen (secondary N) is 1. The van der Waals surface area contributed by atoms with Crippen molar-refractivity contribution in [1.29, 1.82) is 0 Å². The van der Waals surface area contributed by atoms with Crippen molar-refractivity contribution in [3.05, 3.63) is 59.7 Å². The topological polar surface area (TPSA) is 84.9 Å². The number of carbonyl (C=O) groups is 3. The molecule has 0 spiro atoms. The van der Waals surface area contributed by atoms with E-state index in [9.17, 15) is 14.4 Å². The first-order valence-electron chi connectivity index (χ1n) is 9.49. The highest BCUT2D eigenvalue weighted by Gasteiger charge is 2.26. The number of hydrogen-bond acceptors (Lipinski definition) is 5. The molecule has 7 nitrogen and oxygen atoms in total. The summed E-state index contributed by atoms with van der Waals surface area (Å²) >= 11 is 0. The van der Waals surface area contributed by atoms with Gasteiger partial charge in [0.15, 0.2) is 12.7 Å². The lowest BCUT2D eigenvalue weighted by atomic mass is 10.1. The predicted molar refractivity (Wildman–Crippen MR) is 107 cm³/mol.